The predicted molar refractivity (Wildman–Crippen MR) is 65.4 cm³/mol. The first-order valence-corrected chi connectivity index (χ1v) is 6.05. The summed E-state index contributed by atoms with van der Waals surface area (Å²) < 4.78 is 13.4. The molecule has 0 saturated heterocycles. The van der Waals surface area contributed by atoms with Crippen molar-refractivity contribution in [1.82, 2.24) is 4.98 Å². The van der Waals surface area contributed by atoms with Crippen molar-refractivity contribution in [2.75, 3.05) is 0 Å². The molecule has 0 amide bonds. The molecule has 1 aromatic heterocycles. The van der Waals surface area contributed by atoms with Crippen LogP contribution in [0.15, 0.2) is 52.4 Å². The van der Waals surface area contributed by atoms with Crippen LogP contribution in [0.25, 0.3) is 0 Å². The molecule has 0 bridgehead atoms. The molecule has 1 aromatic carbocycles. The Morgan fingerprint density at radius 3 is 2.59 bits per heavy atom. The van der Waals surface area contributed by atoms with Crippen molar-refractivity contribution >= 4 is 11.8 Å². The van der Waals surface area contributed by atoms with Crippen molar-refractivity contribution in [2.45, 2.75) is 22.8 Å². The Hall–Kier alpha value is -1.39. The first-order valence-electron chi connectivity index (χ1n) is 5.23. The lowest BCUT2D eigenvalue weighted by atomic mass is 10.2. The van der Waals surface area contributed by atoms with Crippen molar-refractivity contribution in [3.05, 3.63) is 54.1 Å². The van der Waals surface area contributed by atoms with Crippen LogP contribution in [0.2, 0.25) is 0 Å². The minimum absolute atomic E-state index is 0.239. The summed E-state index contributed by atoms with van der Waals surface area (Å²) in [5, 5.41) is 9.32. The zero-order valence-electron chi connectivity index (χ0n) is 9.30. The van der Waals surface area contributed by atoms with Gasteiger partial charge >= 0.3 is 0 Å². The molecule has 1 atom stereocenters. The highest BCUT2D eigenvalue weighted by Crippen LogP contribution is 2.29. The molecule has 2 rings (SSSR count). The van der Waals surface area contributed by atoms with Crippen LogP contribution < -0.4 is 0 Å². The van der Waals surface area contributed by atoms with Gasteiger partial charge in [-0.15, -0.1) is 0 Å². The minimum atomic E-state index is -0.581. The van der Waals surface area contributed by atoms with Crippen LogP contribution >= 0.6 is 11.8 Å². The molecule has 88 valence electrons. The van der Waals surface area contributed by atoms with E-state index in [2.05, 4.69) is 4.98 Å². The summed E-state index contributed by atoms with van der Waals surface area (Å²) in [4.78, 5) is 5.53. The number of benzene rings is 1. The van der Waals surface area contributed by atoms with Crippen molar-refractivity contribution < 1.29 is 9.50 Å². The quantitative estimate of drug-likeness (QED) is 0.904. The van der Waals surface area contributed by atoms with Gasteiger partial charge in [0.2, 0.25) is 0 Å². The summed E-state index contributed by atoms with van der Waals surface area (Å²) in [5.41, 5.74) is 0.614. The van der Waals surface area contributed by atoms with E-state index in [-0.39, 0.29) is 5.82 Å². The summed E-state index contributed by atoms with van der Waals surface area (Å²) >= 11 is 1.32. The van der Waals surface area contributed by atoms with Crippen molar-refractivity contribution in [2.24, 2.45) is 0 Å². The molecular formula is C13H12FNOS. The SMILES string of the molecule is C[C@H](O)c1ccc(Sc2ccccc2F)cn1. The Balaban J connectivity index is 2.17. The van der Waals surface area contributed by atoms with Crippen LogP contribution in [-0.2, 0) is 0 Å². The summed E-state index contributed by atoms with van der Waals surface area (Å²) in [7, 11) is 0. The third-order valence-corrected chi connectivity index (χ3v) is 3.28. The number of aromatic nitrogens is 1. The Labute approximate surface area is 104 Å². The number of hydrogen-bond donors (Lipinski definition) is 1. The molecule has 0 radical (unpaired) electrons. The highest BCUT2D eigenvalue weighted by molar-refractivity contribution is 7.99. The van der Waals surface area contributed by atoms with E-state index in [0.717, 1.165) is 4.90 Å². The molecule has 17 heavy (non-hydrogen) atoms. The summed E-state index contributed by atoms with van der Waals surface area (Å²) in [6.07, 6.45) is 1.06. The second-order valence-corrected chi connectivity index (χ2v) is 4.74. The molecular weight excluding hydrogens is 237 g/mol. The number of aliphatic hydroxyl groups excluding tert-OH is 1. The summed E-state index contributed by atoms with van der Waals surface area (Å²) in [5.74, 6) is -0.239. The molecule has 0 aliphatic heterocycles. The van der Waals surface area contributed by atoms with Gasteiger partial charge in [-0.3, -0.25) is 4.98 Å². The third kappa shape index (κ3) is 3.05. The van der Waals surface area contributed by atoms with Gasteiger partial charge < -0.3 is 5.11 Å². The number of rotatable bonds is 3. The second-order valence-electron chi connectivity index (χ2n) is 3.63. The molecule has 1 heterocycles. The van der Waals surface area contributed by atoms with Gasteiger partial charge in [-0.25, -0.2) is 4.39 Å². The lowest BCUT2D eigenvalue weighted by Crippen LogP contribution is -1.94. The standard InChI is InChI=1S/C13H12FNOS/c1-9(16)12-7-6-10(8-15-12)17-13-5-3-2-4-11(13)14/h2-9,16H,1H3/t9-/m0/s1. The van der Waals surface area contributed by atoms with Crippen LogP contribution in [-0.4, -0.2) is 10.1 Å². The molecule has 0 saturated carbocycles. The Morgan fingerprint density at radius 2 is 2.00 bits per heavy atom. The van der Waals surface area contributed by atoms with E-state index in [0.29, 0.717) is 10.6 Å². The number of nitrogens with zero attached hydrogens (tertiary/aromatic N) is 1. The lowest BCUT2D eigenvalue weighted by Gasteiger charge is -2.05. The molecule has 2 nitrogen and oxygen atoms in total. The van der Waals surface area contributed by atoms with Crippen LogP contribution in [0.5, 0.6) is 0 Å². The van der Waals surface area contributed by atoms with E-state index in [1.807, 2.05) is 6.07 Å². The number of halogens is 1. The number of aliphatic hydroxyl groups is 1. The molecule has 0 aliphatic carbocycles. The topological polar surface area (TPSA) is 33.1 Å². The van der Waals surface area contributed by atoms with E-state index < -0.39 is 6.10 Å². The van der Waals surface area contributed by atoms with Crippen molar-refractivity contribution in [3.63, 3.8) is 0 Å². The van der Waals surface area contributed by atoms with Gasteiger partial charge in [-0.1, -0.05) is 23.9 Å². The zero-order chi connectivity index (χ0) is 12.3. The second kappa shape index (κ2) is 5.29. The summed E-state index contributed by atoms with van der Waals surface area (Å²) in [6, 6.07) is 10.2. The van der Waals surface area contributed by atoms with Crippen LogP contribution in [0.3, 0.4) is 0 Å². The maximum atomic E-state index is 13.4. The molecule has 0 unspecified atom stereocenters. The number of pyridine rings is 1. The molecule has 0 aliphatic rings. The van der Waals surface area contributed by atoms with Gasteiger partial charge in [0.15, 0.2) is 0 Å². The molecule has 4 heteroatoms. The monoisotopic (exact) mass is 249 g/mol. The Bertz CT molecular complexity index is 499. The van der Waals surface area contributed by atoms with E-state index in [9.17, 15) is 9.50 Å². The molecule has 1 N–H and O–H groups in total. The fraction of sp³-hybridized carbons (Fsp3) is 0.154. The zero-order valence-corrected chi connectivity index (χ0v) is 10.1. The highest BCUT2D eigenvalue weighted by Gasteiger charge is 2.05. The normalized spacial score (nSPS) is 12.4. The predicted octanol–water partition coefficient (Wildman–Crippen LogP) is 3.43. The average Bonchev–Trinajstić information content (AvgIpc) is 2.33. The Kier molecular flexibility index (Phi) is 3.76. The van der Waals surface area contributed by atoms with Gasteiger partial charge in [-0.2, -0.15) is 0 Å². The minimum Gasteiger partial charge on any atom is -0.387 e. The van der Waals surface area contributed by atoms with Gasteiger partial charge in [0.05, 0.1) is 11.8 Å². The molecule has 2 aromatic rings. The fourth-order valence-electron chi connectivity index (χ4n) is 1.35. The van der Waals surface area contributed by atoms with Gasteiger partial charge in [-0.05, 0) is 31.2 Å². The maximum Gasteiger partial charge on any atom is 0.137 e. The van der Waals surface area contributed by atoms with Crippen LogP contribution in [0.1, 0.15) is 18.7 Å². The maximum absolute atomic E-state index is 13.4. The summed E-state index contributed by atoms with van der Waals surface area (Å²) in [6.45, 7) is 1.66. The van der Waals surface area contributed by atoms with Crippen molar-refractivity contribution in [3.8, 4) is 0 Å². The number of hydrogen-bond acceptors (Lipinski definition) is 3. The van der Waals surface area contributed by atoms with Gasteiger partial charge in [0, 0.05) is 16.0 Å². The van der Waals surface area contributed by atoms with E-state index in [1.165, 1.54) is 17.8 Å². The van der Waals surface area contributed by atoms with Gasteiger partial charge in [0.25, 0.3) is 0 Å². The van der Waals surface area contributed by atoms with Crippen LogP contribution in [0, 0.1) is 5.82 Å². The first-order chi connectivity index (χ1) is 8.16. The van der Waals surface area contributed by atoms with Crippen molar-refractivity contribution in [1.29, 1.82) is 0 Å². The first kappa shape index (κ1) is 12.1. The fourth-order valence-corrected chi connectivity index (χ4v) is 2.16. The lowest BCUT2D eigenvalue weighted by molar-refractivity contribution is 0.194. The van der Waals surface area contributed by atoms with E-state index >= 15 is 0 Å². The average molecular weight is 249 g/mol. The highest BCUT2D eigenvalue weighted by atomic mass is 32.2. The largest absolute Gasteiger partial charge is 0.387 e. The third-order valence-electron chi connectivity index (χ3n) is 2.25. The molecule has 0 spiro atoms. The Morgan fingerprint density at radius 1 is 1.24 bits per heavy atom. The van der Waals surface area contributed by atoms with E-state index in [4.69, 9.17) is 0 Å². The van der Waals surface area contributed by atoms with Crippen LogP contribution in [0.4, 0.5) is 4.39 Å². The molecule has 0 fully saturated rings. The smallest absolute Gasteiger partial charge is 0.137 e. The van der Waals surface area contributed by atoms with E-state index in [1.54, 1.807) is 37.4 Å². The van der Waals surface area contributed by atoms with Gasteiger partial charge in [0.1, 0.15) is 5.82 Å².